The molecule has 0 aliphatic heterocycles. The van der Waals surface area contributed by atoms with E-state index in [1.54, 1.807) is 12.1 Å². The summed E-state index contributed by atoms with van der Waals surface area (Å²) in [5, 5.41) is 5.01. The molecule has 12 heavy (non-hydrogen) atoms. The van der Waals surface area contributed by atoms with Crippen LogP contribution in [0.1, 0.15) is 10.4 Å². The summed E-state index contributed by atoms with van der Waals surface area (Å²) in [6.45, 7) is 0.309. The number of thiocarbonyl (C=S) groups is 1. The maximum Gasteiger partial charge on any atom is 0.251 e. The van der Waals surface area contributed by atoms with Gasteiger partial charge in [-0.25, -0.2) is 0 Å². The average Bonchev–Trinajstić information content (AvgIpc) is 2.15. The van der Waals surface area contributed by atoms with E-state index >= 15 is 0 Å². The molecule has 1 radical (unpaired) electrons. The van der Waals surface area contributed by atoms with E-state index in [4.69, 9.17) is 0 Å². The number of nitrogens with one attached hydrogen (secondary N) is 1. The van der Waals surface area contributed by atoms with Crippen molar-refractivity contribution in [3.05, 3.63) is 35.9 Å². The van der Waals surface area contributed by atoms with Crippen molar-refractivity contribution in [3.8, 4) is 0 Å². The Morgan fingerprint density at radius 3 is 2.67 bits per heavy atom. The van der Waals surface area contributed by atoms with Gasteiger partial charge in [0.2, 0.25) is 0 Å². The van der Waals surface area contributed by atoms with Crippen LogP contribution in [0, 0.1) is 0 Å². The van der Waals surface area contributed by atoms with Crippen LogP contribution in [0.2, 0.25) is 0 Å². The smallest absolute Gasteiger partial charge is 0.251 e. The largest absolute Gasteiger partial charge is 0.347 e. The van der Waals surface area contributed by atoms with Crippen LogP contribution in [-0.2, 0) is 0 Å². The van der Waals surface area contributed by atoms with Gasteiger partial charge >= 0.3 is 0 Å². The van der Waals surface area contributed by atoms with Crippen molar-refractivity contribution in [2.45, 2.75) is 0 Å². The van der Waals surface area contributed by atoms with Gasteiger partial charge in [-0.15, -0.1) is 0 Å². The Balaban J connectivity index is 2.59. The van der Waals surface area contributed by atoms with Crippen molar-refractivity contribution in [1.29, 1.82) is 0 Å². The van der Waals surface area contributed by atoms with Gasteiger partial charge in [0.1, 0.15) is 0 Å². The van der Waals surface area contributed by atoms with Crippen molar-refractivity contribution in [3.63, 3.8) is 0 Å². The number of carbonyl (C=O) groups excluding carboxylic acids is 1. The van der Waals surface area contributed by atoms with E-state index in [1.165, 1.54) is 0 Å². The van der Waals surface area contributed by atoms with Crippen LogP contribution in [0.25, 0.3) is 0 Å². The van der Waals surface area contributed by atoms with Gasteiger partial charge in [-0.1, -0.05) is 30.4 Å². The van der Waals surface area contributed by atoms with Crippen LogP contribution >= 0.6 is 12.2 Å². The molecule has 0 aromatic heterocycles. The number of rotatable bonds is 3. The molecular formula is C9H8NOS. The first-order valence-corrected chi connectivity index (χ1v) is 3.93. The summed E-state index contributed by atoms with van der Waals surface area (Å²) < 4.78 is 0. The van der Waals surface area contributed by atoms with Crippen LogP contribution in [0.3, 0.4) is 0 Å². The van der Waals surface area contributed by atoms with Crippen LogP contribution in [-0.4, -0.2) is 17.8 Å². The minimum atomic E-state index is -0.118. The fourth-order valence-electron chi connectivity index (χ4n) is 0.808. The second-order valence-electron chi connectivity index (χ2n) is 2.19. The van der Waals surface area contributed by atoms with E-state index in [-0.39, 0.29) is 5.91 Å². The lowest BCUT2D eigenvalue weighted by Crippen LogP contribution is -2.24. The molecule has 1 N–H and O–H groups in total. The monoisotopic (exact) mass is 178 g/mol. The molecule has 1 aromatic rings. The quantitative estimate of drug-likeness (QED) is 0.707. The Hall–Kier alpha value is -1.22. The van der Waals surface area contributed by atoms with E-state index in [1.807, 2.05) is 18.2 Å². The molecular weight excluding hydrogens is 170 g/mol. The predicted molar refractivity (Wildman–Crippen MR) is 51.4 cm³/mol. The van der Waals surface area contributed by atoms with E-state index in [9.17, 15) is 4.79 Å². The third kappa shape index (κ3) is 2.43. The maximum atomic E-state index is 11.2. The first-order chi connectivity index (χ1) is 5.84. The molecule has 0 unspecified atom stereocenters. The second kappa shape index (κ2) is 4.62. The molecule has 0 fully saturated rings. The maximum absolute atomic E-state index is 11.2. The highest BCUT2D eigenvalue weighted by molar-refractivity contribution is 7.79. The lowest BCUT2D eigenvalue weighted by Gasteiger charge is -1.99. The molecule has 0 atom stereocenters. The number of benzene rings is 1. The van der Waals surface area contributed by atoms with Crippen LogP contribution in [0.5, 0.6) is 0 Å². The van der Waals surface area contributed by atoms with E-state index in [0.29, 0.717) is 12.1 Å². The molecule has 0 heterocycles. The predicted octanol–water partition coefficient (Wildman–Crippen LogP) is 1.29. The Kier molecular flexibility index (Phi) is 3.41. The summed E-state index contributed by atoms with van der Waals surface area (Å²) in [5.74, 6) is -0.118. The Bertz CT molecular complexity index is 271. The SMILES string of the molecule is O=C(NC[C]=S)c1ccccc1. The Labute approximate surface area is 76.6 Å². The van der Waals surface area contributed by atoms with E-state index in [0.717, 1.165) is 0 Å². The molecule has 61 valence electrons. The molecule has 0 aliphatic rings. The third-order valence-electron chi connectivity index (χ3n) is 1.36. The van der Waals surface area contributed by atoms with E-state index in [2.05, 4.69) is 22.9 Å². The minimum Gasteiger partial charge on any atom is -0.347 e. The normalized spacial score (nSPS) is 9.00. The lowest BCUT2D eigenvalue weighted by atomic mass is 10.2. The fourth-order valence-corrected chi connectivity index (χ4v) is 0.880. The highest BCUT2D eigenvalue weighted by Gasteiger charge is 2.00. The molecule has 0 saturated carbocycles. The van der Waals surface area contributed by atoms with Crippen molar-refractivity contribution in [2.24, 2.45) is 0 Å². The molecule has 0 aliphatic carbocycles. The summed E-state index contributed by atoms with van der Waals surface area (Å²) in [7, 11) is 0. The fraction of sp³-hybridized carbons (Fsp3) is 0.111. The van der Waals surface area contributed by atoms with Crippen molar-refractivity contribution in [2.75, 3.05) is 6.54 Å². The summed E-state index contributed by atoms with van der Waals surface area (Å²) in [5.41, 5.74) is 0.641. The zero-order valence-corrected chi connectivity index (χ0v) is 7.23. The zero-order valence-electron chi connectivity index (χ0n) is 6.41. The number of hydrogen-bond acceptors (Lipinski definition) is 2. The first-order valence-electron chi connectivity index (χ1n) is 3.53. The molecule has 2 nitrogen and oxygen atoms in total. The highest BCUT2D eigenvalue weighted by Crippen LogP contribution is 1.96. The Morgan fingerprint density at radius 2 is 2.08 bits per heavy atom. The van der Waals surface area contributed by atoms with Crippen molar-refractivity contribution >= 4 is 23.5 Å². The number of hydrogen-bond donors (Lipinski definition) is 1. The summed E-state index contributed by atoms with van der Waals surface area (Å²) >= 11 is 4.46. The Morgan fingerprint density at radius 1 is 1.42 bits per heavy atom. The van der Waals surface area contributed by atoms with Gasteiger partial charge in [-0.05, 0) is 12.1 Å². The van der Waals surface area contributed by atoms with Crippen molar-refractivity contribution in [1.82, 2.24) is 5.32 Å². The van der Waals surface area contributed by atoms with Gasteiger partial charge in [0.25, 0.3) is 5.91 Å². The zero-order chi connectivity index (χ0) is 8.81. The van der Waals surface area contributed by atoms with Gasteiger partial charge < -0.3 is 5.32 Å². The lowest BCUT2D eigenvalue weighted by molar-refractivity contribution is 0.0960. The second-order valence-corrected chi connectivity index (χ2v) is 2.48. The number of amides is 1. The standard InChI is InChI=1S/C9H8NOS/c11-9(10-6-7-12)8-4-2-1-3-5-8/h1-5H,6H2,(H,10,11). The third-order valence-corrected chi connectivity index (χ3v) is 1.50. The summed E-state index contributed by atoms with van der Waals surface area (Å²) in [4.78, 5) is 11.2. The van der Waals surface area contributed by atoms with E-state index < -0.39 is 0 Å². The van der Waals surface area contributed by atoms with Crippen LogP contribution < -0.4 is 5.32 Å². The average molecular weight is 178 g/mol. The molecule has 1 aromatic carbocycles. The van der Waals surface area contributed by atoms with Gasteiger partial charge in [0.15, 0.2) is 0 Å². The van der Waals surface area contributed by atoms with Gasteiger partial charge in [-0.2, -0.15) is 0 Å². The van der Waals surface area contributed by atoms with Gasteiger partial charge in [-0.3, -0.25) is 4.79 Å². The van der Waals surface area contributed by atoms with Crippen LogP contribution in [0.4, 0.5) is 0 Å². The molecule has 3 heteroatoms. The first kappa shape index (κ1) is 8.87. The molecule has 0 bridgehead atoms. The summed E-state index contributed by atoms with van der Waals surface area (Å²) in [6, 6.07) is 8.99. The highest BCUT2D eigenvalue weighted by atomic mass is 32.1. The topological polar surface area (TPSA) is 29.1 Å². The van der Waals surface area contributed by atoms with Gasteiger partial charge in [0.05, 0.1) is 11.9 Å². The van der Waals surface area contributed by atoms with Gasteiger partial charge in [0, 0.05) is 5.56 Å². The minimum absolute atomic E-state index is 0.118. The molecule has 1 rings (SSSR count). The molecule has 0 spiro atoms. The molecule has 1 amide bonds. The van der Waals surface area contributed by atoms with Crippen LogP contribution in [0.15, 0.2) is 30.3 Å². The summed E-state index contributed by atoms with van der Waals surface area (Å²) in [6.07, 6.45) is 0. The molecule has 0 saturated heterocycles. The number of carbonyl (C=O) groups is 1. The van der Waals surface area contributed by atoms with Crippen molar-refractivity contribution < 1.29 is 4.79 Å².